The fourth-order valence-corrected chi connectivity index (χ4v) is 3.77. The maximum Gasteiger partial charge on any atom is 0.264 e. The fourth-order valence-electron chi connectivity index (χ4n) is 2.88. The van der Waals surface area contributed by atoms with Crippen molar-refractivity contribution >= 4 is 28.9 Å². The molecule has 2 fully saturated rings. The van der Waals surface area contributed by atoms with Crippen LogP contribution in [-0.2, 0) is 4.79 Å². The van der Waals surface area contributed by atoms with Gasteiger partial charge in [0.2, 0.25) is 0 Å². The number of nitrogens with zero attached hydrogens (tertiary/aromatic N) is 1. The maximum absolute atomic E-state index is 12.2. The van der Waals surface area contributed by atoms with Gasteiger partial charge in [-0.25, -0.2) is 0 Å². The summed E-state index contributed by atoms with van der Waals surface area (Å²) in [5.41, 5.74) is 0.877. The van der Waals surface area contributed by atoms with Crippen molar-refractivity contribution in [3.05, 3.63) is 41.3 Å². The van der Waals surface area contributed by atoms with Gasteiger partial charge in [0.05, 0.1) is 18.1 Å². The molecular weight excluding hydrogens is 336 g/mol. The number of carbonyl (C=O) groups excluding carboxylic acids is 1. The first-order valence-corrected chi connectivity index (χ1v) is 9.21. The van der Waals surface area contributed by atoms with E-state index >= 15 is 0 Å². The van der Waals surface area contributed by atoms with Crippen LogP contribution >= 0.6 is 11.8 Å². The van der Waals surface area contributed by atoms with E-state index in [1.807, 2.05) is 24.3 Å². The van der Waals surface area contributed by atoms with Crippen LogP contribution < -0.4 is 14.8 Å². The molecule has 1 saturated carbocycles. The van der Waals surface area contributed by atoms with Crippen LogP contribution in [0.5, 0.6) is 11.5 Å². The Morgan fingerprint density at radius 1 is 1.36 bits per heavy atom. The molecule has 1 aliphatic heterocycles. The second-order valence-electron chi connectivity index (χ2n) is 5.95. The highest BCUT2D eigenvalue weighted by molar-refractivity contribution is 8.18. The summed E-state index contributed by atoms with van der Waals surface area (Å²) < 4.78 is 10.9. The predicted octanol–water partition coefficient (Wildman–Crippen LogP) is 3.76. The SMILES string of the molecule is C=CCOc1ccc(/C=C2\SC(=NC3CCCC3)NC2=O)cc1OC. The number of amidine groups is 1. The van der Waals surface area contributed by atoms with E-state index in [2.05, 4.69) is 16.9 Å². The number of hydrogen-bond acceptors (Lipinski definition) is 5. The van der Waals surface area contributed by atoms with Crippen LogP contribution in [0.1, 0.15) is 31.2 Å². The van der Waals surface area contributed by atoms with Gasteiger partial charge in [-0.15, -0.1) is 0 Å². The Balaban J connectivity index is 1.75. The molecule has 5 nitrogen and oxygen atoms in total. The van der Waals surface area contributed by atoms with Gasteiger partial charge in [0.15, 0.2) is 16.7 Å². The summed E-state index contributed by atoms with van der Waals surface area (Å²) in [6.45, 7) is 4.05. The topological polar surface area (TPSA) is 59.9 Å². The Kier molecular flexibility index (Phi) is 5.81. The summed E-state index contributed by atoms with van der Waals surface area (Å²) >= 11 is 1.40. The second-order valence-corrected chi connectivity index (χ2v) is 6.98. The van der Waals surface area contributed by atoms with Crippen LogP contribution in [0.4, 0.5) is 0 Å². The molecule has 3 rings (SSSR count). The third kappa shape index (κ3) is 4.45. The number of ether oxygens (including phenoxy) is 2. The minimum atomic E-state index is -0.104. The minimum Gasteiger partial charge on any atom is -0.493 e. The first-order chi connectivity index (χ1) is 12.2. The summed E-state index contributed by atoms with van der Waals surface area (Å²) in [4.78, 5) is 17.5. The number of thioether (sulfide) groups is 1. The van der Waals surface area contributed by atoms with E-state index in [4.69, 9.17) is 9.47 Å². The molecule has 1 aromatic carbocycles. The van der Waals surface area contributed by atoms with Gasteiger partial charge in [-0.05, 0) is 48.4 Å². The maximum atomic E-state index is 12.2. The van der Waals surface area contributed by atoms with E-state index in [1.165, 1.54) is 24.6 Å². The highest BCUT2D eigenvalue weighted by atomic mass is 32.2. The van der Waals surface area contributed by atoms with Crippen LogP contribution in [-0.4, -0.2) is 30.8 Å². The Morgan fingerprint density at radius 3 is 2.88 bits per heavy atom. The lowest BCUT2D eigenvalue weighted by Gasteiger charge is -2.09. The van der Waals surface area contributed by atoms with Gasteiger partial charge < -0.3 is 14.8 Å². The summed E-state index contributed by atoms with van der Waals surface area (Å²) in [6.07, 6.45) is 8.20. The van der Waals surface area contributed by atoms with Crippen LogP contribution in [0.15, 0.2) is 40.8 Å². The van der Waals surface area contributed by atoms with E-state index in [1.54, 1.807) is 13.2 Å². The molecule has 6 heteroatoms. The highest BCUT2D eigenvalue weighted by Crippen LogP contribution is 2.32. The third-order valence-corrected chi connectivity index (χ3v) is 5.04. The molecule has 0 unspecified atom stereocenters. The minimum absolute atomic E-state index is 0.104. The summed E-state index contributed by atoms with van der Waals surface area (Å²) in [7, 11) is 1.59. The van der Waals surface area contributed by atoms with Crippen molar-refractivity contribution in [3.8, 4) is 11.5 Å². The van der Waals surface area contributed by atoms with Gasteiger partial charge in [0, 0.05) is 0 Å². The smallest absolute Gasteiger partial charge is 0.264 e. The van der Waals surface area contributed by atoms with Crippen molar-refractivity contribution in [2.75, 3.05) is 13.7 Å². The van der Waals surface area contributed by atoms with Crippen molar-refractivity contribution in [2.24, 2.45) is 4.99 Å². The largest absolute Gasteiger partial charge is 0.493 e. The lowest BCUT2D eigenvalue weighted by molar-refractivity contribution is -0.115. The molecule has 0 aromatic heterocycles. The third-order valence-electron chi connectivity index (χ3n) is 4.12. The second kappa shape index (κ2) is 8.25. The van der Waals surface area contributed by atoms with Crippen LogP contribution in [0, 0.1) is 0 Å². The lowest BCUT2D eigenvalue weighted by atomic mass is 10.2. The number of amides is 1. The summed E-state index contributed by atoms with van der Waals surface area (Å²) in [5, 5.41) is 3.57. The Hall–Kier alpha value is -2.21. The molecule has 1 saturated heterocycles. The Morgan fingerprint density at radius 2 is 2.16 bits per heavy atom. The molecule has 0 bridgehead atoms. The summed E-state index contributed by atoms with van der Waals surface area (Å²) in [5.74, 6) is 1.17. The zero-order valence-corrected chi connectivity index (χ0v) is 15.1. The van der Waals surface area contributed by atoms with E-state index in [0.29, 0.717) is 34.2 Å². The molecule has 132 valence electrons. The van der Waals surface area contributed by atoms with Crippen molar-refractivity contribution in [2.45, 2.75) is 31.7 Å². The van der Waals surface area contributed by atoms with E-state index in [0.717, 1.165) is 18.4 Å². The zero-order valence-electron chi connectivity index (χ0n) is 14.3. The number of methoxy groups -OCH3 is 1. The first-order valence-electron chi connectivity index (χ1n) is 8.40. The lowest BCUT2D eigenvalue weighted by Crippen LogP contribution is -2.21. The van der Waals surface area contributed by atoms with Gasteiger partial charge in [0.25, 0.3) is 5.91 Å². The normalized spacial score (nSPS) is 20.9. The molecule has 0 spiro atoms. The number of benzene rings is 1. The molecule has 0 radical (unpaired) electrons. The molecule has 2 aliphatic rings. The Labute approximate surface area is 152 Å². The van der Waals surface area contributed by atoms with Gasteiger partial charge in [-0.1, -0.05) is 31.6 Å². The summed E-state index contributed by atoms with van der Waals surface area (Å²) in [6, 6.07) is 5.93. The number of nitrogens with one attached hydrogen (secondary N) is 1. The van der Waals surface area contributed by atoms with Crippen molar-refractivity contribution < 1.29 is 14.3 Å². The average Bonchev–Trinajstić information content (AvgIpc) is 3.24. The fraction of sp³-hybridized carbons (Fsp3) is 0.368. The number of aliphatic imine (C=N–C) groups is 1. The molecule has 0 atom stereocenters. The average molecular weight is 358 g/mol. The van der Waals surface area contributed by atoms with Gasteiger partial charge in [0.1, 0.15) is 6.61 Å². The number of carbonyl (C=O) groups is 1. The Bertz CT molecular complexity index is 721. The van der Waals surface area contributed by atoms with Crippen molar-refractivity contribution in [3.63, 3.8) is 0 Å². The van der Waals surface area contributed by atoms with Crippen LogP contribution in [0.25, 0.3) is 6.08 Å². The van der Waals surface area contributed by atoms with Crippen LogP contribution in [0.3, 0.4) is 0 Å². The zero-order chi connectivity index (χ0) is 17.6. The van der Waals surface area contributed by atoms with Gasteiger partial charge >= 0.3 is 0 Å². The van der Waals surface area contributed by atoms with E-state index in [9.17, 15) is 4.79 Å². The number of rotatable bonds is 6. The monoisotopic (exact) mass is 358 g/mol. The standard InChI is InChI=1S/C19H22N2O3S/c1-3-10-24-15-9-8-13(11-16(15)23-2)12-17-18(22)21-19(25-17)20-14-6-4-5-7-14/h3,8-9,11-12,14H,1,4-7,10H2,2H3,(H,20,21,22)/b17-12-. The van der Waals surface area contributed by atoms with Gasteiger partial charge in [-0.3, -0.25) is 9.79 Å². The molecule has 1 heterocycles. The quantitative estimate of drug-likeness (QED) is 0.621. The highest BCUT2D eigenvalue weighted by Gasteiger charge is 2.25. The number of hydrogen-bond donors (Lipinski definition) is 1. The van der Waals surface area contributed by atoms with Crippen molar-refractivity contribution in [1.82, 2.24) is 5.32 Å². The molecule has 25 heavy (non-hydrogen) atoms. The van der Waals surface area contributed by atoms with E-state index < -0.39 is 0 Å². The molecule has 1 N–H and O–H groups in total. The molecule has 1 amide bonds. The molecule has 1 aromatic rings. The molecule has 1 aliphatic carbocycles. The van der Waals surface area contributed by atoms with E-state index in [-0.39, 0.29) is 5.91 Å². The molecular formula is C19H22N2O3S. The van der Waals surface area contributed by atoms with Crippen molar-refractivity contribution in [1.29, 1.82) is 0 Å². The van der Waals surface area contributed by atoms with Crippen LogP contribution in [0.2, 0.25) is 0 Å². The van der Waals surface area contributed by atoms with Gasteiger partial charge in [-0.2, -0.15) is 0 Å². The first kappa shape index (κ1) is 17.6. The predicted molar refractivity (Wildman–Crippen MR) is 102 cm³/mol.